The third-order valence-corrected chi connectivity index (χ3v) is 7.52. The third-order valence-electron chi connectivity index (χ3n) is 3.88. The first-order valence-corrected chi connectivity index (χ1v) is 10.9. The van der Waals surface area contributed by atoms with Crippen LogP contribution in [0.15, 0.2) is 47.4 Å². The maximum absolute atomic E-state index is 12.6. The van der Waals surface area contributed by atoms with E-state index in [1.165, 1.54) is 11.8 Å². The molecule has 0 amide bonds. The summed E-state index contributed by atoms with van der Waals surface area (Å²) in [5.74, 6) is 0.160. The number of hydrogen-bond acceptors (Lipinski definition) is 5. The SMILES string of the molecule is Cc1ccc(Cl)c(OC(=O)c2ccccc2SC2CCS(=O)(=O)C2)c1. The van der Waals surface area contributed by atoms with E-state index in [1.54, 1.807) is 24.3 Å². The van der Waals surface area contributed by atoms with Crippen molar-refractivity contribution >= 4 is 39.2 Å². The fourth-order valence-corrected chi connectivity index (χ4v) is 6.39. The second-order valence-electron chi connectivity index (χ2n) is 5.96. The number of carbonyl (C=O) groups excluding carboxylic acids is 1. The highest BCUT2D eigenvalue weighted by molar-refractivity contribution is 8.02. The minimum atomic E-state index is -2.96. The van der Waals surface area contributed by atoms with Gasteiger partial charge in [0.1, 0.15) is 5.75 Å². The predicted octanol–water partition coefficient (Wildman–Crippen LogP) is 4.15. The van der Waals surface area contributed by atoms with Gasteiger partial charge < -0.3 is 4.74 Å². The van der Waals surface area contributed by atoms with E-state index < -0.39 is 15.8 Å². The van der Waals surface area contributed by atoms with E-state index >= 15 is 0 Å². The summed E-state index contributed by atoms with van der Waals surface area (Å²) in [4.78, 5) is 13.3. The Kier molecular flexibility index (Phi) is 5.41. The Bertz CT molecular complexity index is 909. The Balaban J connectivity index is 1.80. The van der Waals surface area contributed by atoms with E-state index in [1.807, 2.05) is 25.1 Å². The van der Waals surface area contributed by atoms with Gasteiger partial charge in [0.05, 0.1) is 22.1 Å². The molecule has 0 spiro atoms. The molecule has 0 N–H and O–H groups in total. The molecule has 2 aromatic carbocycles. The van der Waals surface area contributed by atoms with Crippen molar-refractivity contribution < 1.29 is 17.9 Å². The highest BCUT2D eigenvalue weighted by atomic mass is 35.5. The Hall–Kier alpha value is -1.50. The average Bonchev–Trinajstić information content (AvgIpc) is 2.90. The van der Waals surface area contributed by atoms with Gasteiger partial charge >= 0.3 is 5.97 Å². The third kappa shape index (κ3) is 4.57. The summed E-state index contributed by atoms with van der Waals surface area (Å²) >= 11 is 7.50. The van der Waals surface area contributed by atoms with Gasteiger partial charge in [0.15, 0.2) is 9.84 Å². The number of aryl methyl sites for hydroxylation is 1. The molecule has 0 aromatic heterocycles. The Morgan fingerprint density at radius 3 is 2.72 bits per heavy atom. The molecule has 1 atom stereocenters. The van der Waals surface area contributed by atoms with Crippen LogP contribution >= 0.6 is 23.4 Å². The minimum absolute atomic E-state index is 0.0403. The lowest BCUT2D eigenvalue weighted by Crippen LogP contribution is -2.12. The van der Waals surface area contributed by atoms with Crippen molar-refractivity contribution in [2.75, 3.05) is 11.5 Å². The zero-order valence-corrected chi connectivity index (χ0v) is 16.0. The summed E-state index contributed by atoms with van der Waals surface area (Å²) in [5.41, 5.74) is 1.35. The van der Waals surface area contributed by atoms with Crippen molar-refractivity contribution in [3.05, 3.63) is 58.6 Å². The molecule has 1 unspecified atom stereocenters. The number of rotatable bonds is 4. The first-order valence-electron chi connectivity index (χ1n) is 7.78. The number of halogens is 1. The zero-order valence-electron chi connectivity index (χ0n) is 13.6. The monoisotopic (exact) mass is 396 g/mol. The second kappa shape index (κ2) is 7.40. The number of benzene rings is 2. The average molecular weight is 397 g/mol. The second-order valence-corrected chi connectivity index (χ2v) is 9.94. The minimum Gasteiger partial charge on any atom is -0.421 e. The Labute approximate surface area is 156 Å². The van der Waals surface area contributed by atoms with Gasteiger partial charge in [0.25, 0.3) is 0 Å². The molecule has 0 saturated carbocycles. The molecule has 0 aliphatic carbocycles. The van der Waals surface area contributed by atoms with Crippen LogP contribution in [0.25, 0.3) is 0 Å². The number of thioether (sulfide) groups is 1. The zero-order chi connectivity index (χ0) is 18.0. The fraction of sp³-hybridized carbons (Fsp3) is 0.278. The molecule has 25 heavy (non-hydrogen) atoms. The van der Waals surface area contributed by atoms with Crippen LogP contribution in [0.1, 0.15) is 22.3 Å². The quantitative estimate of drug-likeness (QED) is 0.574. The fourth-order valence-electron chi connectivity index (χ4n) is 2.62. The number of hydrogen-bond donors (Lipinski definition) is 0. The van der Waals surface area contributed by atoms with Crippen molar-refractivity contribution in [2.24, 2.45) is 0 Å². The largest absolute Gasteiger partial charge is 0.421 e. The van der Waals surface area contributed by atoms with E-state index in [-0.39, 0.29) is 16.8 Å². The lowest BCUT2D eigenvalue weighted by atomic mass is 10.2. The van der Waals surface area contributed by atoms with Crippen LogP contribution in [-0.2, 0) is 9.84 Å². The smallest absolute Gasteiger partial charge is 0.344 e. The molecular formula is C18H17ClO4S2. The van der Waals surface area contributed by atoms with Crippen molar-refractivity contribution in [1.82, 2.24) is 0 Å². The summed E-state index contributed by atoms with van der Waals surface area (Å²) in [6.45, 7) is 1.89. The Morgan fingerprint density at radius 2 is 2.00 bits per heavy atom. The van der Waals surface area contributed by atoms with Gasteiger partial charge in [-0.15, -0.1) is 11.8 Å². The van der Waals surface area contributed by atoms with Crippen molar-refractivity contribution in [1.29, 1.82) is 0 Å². The molecule has 3 rings (SSSR count). The molecular weight excluding hydrogens is 380 g/mol. The van der Waals surface area contributed by atoms with Crippen molar-refractivity contribution in [2.45, 2.75) is 23.5 Å². The summed E-state index contributed by atoms with van der Waals surface area (Å²) in [6, 6.07) is 12.3. The molecule has 1 saturated heterocycles. The van der Waals surface area contributed by atoms with E-state index in [0.717, 1.165) is 10.5 Å². The standard InChI is InChI=1S/C18H17ClO4S2/c1-12-6-7-15(19)16(10-12)23-18(20)14-4-2-3-5-17(14)24-13-8-9-25(21,22)11-13/h2-7,10,13H,8-9,11H2,1H3. The van der Waals surface area contributed by atoms with Crippen LogP contribution < -0.4 is 4.74 Å². The number of esters is 1. The van der Waals surface area contributed by atoms with Crippen LogP contribution in [-0.4, -0.2) is 31.1 Å². The van der Waals surface area contributed by atoms with Gasteiger partial charge in [0.2, 0.25) is 0 Å². The molecule has 0 radical (unpaired) electrons. The lowest BCUT2D eigenvalue weighted by Gasteiger charge is -2.13. The summed E-state index contributed by atoms with van der Waals surface area (Å²) in [7, 11) is -2.96. The van der Waals surface area contributed by atoms with E-state index in [0.29, 0.717) is 22.8 Å². The normalized spacial score (nSPS) is 18.9. The topological polar surface area (TPSA) is 60.4 Å². The van der Waals surface area contributed by atoms with E-state index in [9.17, 15) is 13.2 Å². The van der Waals surface area contributed by atoms with Crippen molar-refractivity contribution in [3.8, 4) is 5.75 Å². The van der Waals surface area contributed by atoms with Crippen LogP contribution in [0.2, 0.25) is 5.02 Å². The molecule has 1 heterocycles. The summed E-state index contributed by atoms with van der Waals surface area (Å²) < 4.78 is 28.7. The highest BCUT2D eigenvalue weighted by Crippen LogP contribution is 2.34. The molecule has 4 nitrogen and oxygen atoms in total. The van der Waals surface area contributed by atoms with Crippen molar-refractivity contribution in [3.63, 3.8) is 0 Å². The van der Waals surface area contributed by atoms with Gasteiger partial charge in [-0.3, -0.25) is 0 Å². The maximum Gasteiger partial charge on any atom is 0.344 e. The maximum atomic E-state index is 12.6. The van der Waals surface area contributed by atoms with Gasteiger partial charge in [-0.1, -0.05) is 29.8 Å². The van der Waals surface area contributed by atoms with Crippen LogP contribution in [0.4, 0.5) is 0 Å². The van der Waals surface area contributed by atoms with Gasteiger partial charge in [-0.05, 0) is 43.2 Å². The van der Waals surface area contributed by atoms with Crippen LogP contribution in [0.3, 0.4) is 0 Å². The van der Waals surface area contributed by atoms with Crippen LogP contribution in [0.5, 0.6) is 5.75 Å². The molecule has 7 heteroatoms. The van der Waals surface area contributed by atoms with E-state index in [2.05, 4.69) is 0 Å². The molecule has 1 aliphatic heterocycles. The van der Waals surface area contributed by atoms with Gasteiger partial charge in [-0.25, -0.2) is 13.2 Å². The van der Waals surface area contributed by atoms with Crippen LogP contribution in [0, 0.1) is 6.92 Å². The summed E-state index contributed by atoms with van der Waals surface area (Å²) in [6.07, 6.45) is 0.597. The molecule has 1 aliphatic rings. The first-order chi connectivity index (χ1) is 11.8. The number of carbonyl (C=O) groups is 1. The molecule has 0 bridgehead atoms. The molecule has 2 aromatic rings. The lowest BCUT2D eigenvalue weighted by molar-refractivity contribution is 0.0731. The number of ether oxygens (including phenoxy) is 1. The van der Waals surface area contributed by atoms with Gasteiger partial charge in [0, 0.05) is 10.1 Å². The van der Waals surface area contributed by atoms with Gasteiger partial charge in [-0.2, -0.15) is 0 Å². The highest BCUT2D eigenvalue weighted by Gasteiger charge is 2.29. The molecule has 132 valence electrons. The first kappa shape index (κ1) is 18.3. The Morgan fingerprint density at radius 1 is 1.24 bits per heavy atom. The molecule has 1 fully saturated rings. The predicted molar refractivity (Wildman–Crippen MR) is 101 cm³/mol. The van der Waals surface area contributed by atoms with E-state index in [4.69, 9.17) is 16.3 Å². The summed E-state index contributed by atoms with van der Waals surface area (Å²) in [5, 5.41) is 0.326. The number of sulfone groups is 1.